The summed E-state index contributed by atoms with van der Waals surface area (Å²) in [5.41, 5.74) is 0.354. The summed E-state index contributed by atoms with van der Waals surface area (Å²) >= 11 is 0. The van der Waals surface area contributed by atoms with Crippen LogP contribution in [0.5, 0.6) is 0 Å². The SMILES string of the molecule is C=CC(C/C=C/C(=O)O)C(=O)O.C=CC(CCCCC(C)(C)C)C(=O)O. The van der Waals surface area contributed by atoms with Gasteiger partial charge in [-0.25, -0.2) is 4.79 Å². The zero-order chi connectivity index (χ0) is 20.8. The van der Waals surface area contributed by atoms with Crippen LogP contribution >= 0.6 is 0 Å². The van der Waals surface area contributed by atoms with Gasteiger partial charge in [-0.2, -0.15) is 0 Å². The molecule has 2 atom stereocenters. The Morgan fingerprint density at radius 3 is 1.77 bits per heavy atom. The lowest BCUT2D eigenvalue weighted by molar-refractivity contribution is -0.141. The Kier molecular flexibility index (Phi) is 13.8. The molecule has 0 aliphatic carbocycles. The van der Waals surface area contributed by atoms with Crippen LogP contribution in [-0.2, 0) is 14.4 Å². The number of carbonyl (C=O) groups is 3. The zero-order valence-corrected chi connectivity index (χ0v) is 16.0. The van der Waals surface area contributed by atoms with Gasteiger partial charge >= 0.3 is 17.9 Å². The molecule has 0 aromatic heterocycles. The lowest BCUT2D eigenvalue weighted by Crippen LogP contribution is -2.11. The van der Waals surface area contributed by atoms with E-state index in [-0.39, 0.29) is 12.3 Å². The van der Waals surface area contributed by atoms with Gasteiger partial charge in [0.15, 0.2) is 0 Å². The average Bonchev–Trinajstić information content (AvgIpc) is 2.50. The van der Waals surface area contributed by atoms with Crippen LogP contribution in [-0.4, -0.2) is 33.2 Å². The molecule has 0 aliphatic heterocycles. The molecular weight excluding hydrogens is 336 g/mol. The molecule has 0 saturated carbocycles. The Hall–Kier alpha value is -2.37. The molecule has 0 aromatic carbocycles. The fourth-order valence-corrected chi connectivity index (χ4v) is 1.98. The van der Waals surface area contributed by atoms with Crippen molar-refractivity contribution in [1.29, 1.82) is 0 Å². The fraction of sp³-hybridized carbons (Fsp3) is 0.550. The van der Waals surface area contributed by atoms with Crippen molar-refractivity contribution in [3.63, 3.8) is 0 Å². The second-order valence-electron chi connectivity index (χ2n) is 7.14. The van der Waals surface area contributed by atoms with Crippen LogP contribution in [0, 0.1) is 17.3 Å². The first-order chi connectivity index (χ1) is 11.9. The van der Waals surface area contributed by atoms with Gasteiger partial charge in [-0.05, 0) is 24.7 Å². The van der Waals surface area contributed by atoms with Crippen LogP contribution in [0.15, 0.2) is 37.5 Å². The third-order valence-electron chi connectivity index (χ3n) is 3.55. The maximum Gasteiger partial charge on any atom is 0.327 e. The van der Waals surface area contributed by atoms with E-state index in [2.05, 4.69) is 33.9 Å². The molecule has 0 heterocycles. The molecule has 148 valence electrons. The number of hydrogen-bond donors (Lipinski definition) is 3. The van der Waals surface area contributed by atoms with Crippen molar-refractivity contribution in [3.05, 3.63) is 37.5 Å². The number of aliphatic carboxylic acids is 3. The molecular formula is C20H32O6. The van der Waals surface area contributed by atoms with Gasteiger partial charge in [-0.15, -0.1) is 13.2 Å². The first kappa shape index (κ1) is 25.9. The second kappa shape index (κ2) is 13.9. The normalized spacial score (nSPS) is 13.2. The number of rotatable bonds is 11. The summed E-state index contributed by atoms with van der Waals surface area (Å²) in [5.74, 6) is -3.91. The predicted octanol–water partition coefficient (Wildman–Crippen LogP) is 4.38. The minimum atomic E-state index is -1.08. The van der Waals surface area contributed by atoms with E-state index in [0.717, 1.165) is 31.8 Å². The molecule has 6 heteroatoms. The molecule has 0 aromatic rings. The quantitative estimate of drug-likeness (QED) is 0.283. The predicted molar refractivity (Wildman–Crippen MR) is 102 cm³/mol. The third-order valence-corrected chi connectivity index (χ3v) is 3.55. The highest BCUT2D eigenvalue weighted by atomic mass is 16.4. The highest BCUT2D eigenvalue weighted by Crippen LogP contribution is 2.23. The Bertz CT molecular complexity index is 499. The molecule has 0 radical (unpaired) electrons. The fourth-order valence-electron chi connectivity index (χ4n) is 1.98. The van der Waals surface area contributed by atoms with Crippen LogP contribution in [0.4, 0.5) is 0 Å². The van der Waals surface area contributed by atoms with E-state index in [1.165, 1.54) is 18.2 Å². The molecule has 6 nitrogen and oxygen atoms in total. The molecule has 3 N–H and O–H groups in total. The maximum absolute atomic E-state index is 10.7. The first-order valence-electron chi connectivity index (χ1n) is 8.54. The molecule has 0 aliphatic rings. The third kappa shape index (κ3) is 16.5. The van der Waals surface area contributed by atoms with Crippen molar-refractivity contribution in [1.82, 2.24) is 0 Å². The van der Waals surface area contributed by atoms with E-state index in [9.17, 15) is 14.4 Å². The van der Waals surface area contributed by atoms with Gasteiger partial charge in [0.05, 0.1) is 11.8 Å². The largest absolute Gasteiger partial charge is 0.481 e. The summed E-state index contributed by atoms with van der Waals surface area (Å²) in [6.07, 6.45) is 9.11. The van der Waals surface area contributed by atoms with E-state index in [4.69, 9.17) is 15.3 Å². The Labute approximate surface area is 155 Å². The highest BCUT2D eigenvalue weighted by molar-refractivity contribution is 5.80. The van der Waals surface area contributed by atoms with Crippen LogP contribution in [0.25, 0.3) is 0 Å². The number of unbranched alkanes of at least 4 members (excludes halogenated alkanes) is 1. The van der Waals surface area contributed by atoms with Crippen LogP contribution in [0.3, 0.4) is 0 Å². The lowest BCUT2D eigenvalue weighted by Gasteiger charge is -2.17. The van der Waals surface area contributed by atoms with Crippen LogP contribution < -0.4 is 0 Å². The van der Waals surface area contributed by atoms with Gasteiger partial charge in [0.1, 0.15) is 0 Å². The van der Waals surface area contributed by atoms with Gasteiger partial charge in [-0.3, -0.25) is 9.59 Å². The molecule has 0 fully saturated rings. The Morgan fingerprint density at radius 2 is 1.42 bits per heavy atom. The summed E-state index contributed by atoms with van der Waals surface area (Å²) in [4.78, 5) is 31.0. The molecule has 26 heavy (non-hydrogen) atoms. The monoisotopic (exact) mass is 368 g/mol. The summed E-state index contributed by atoms with van der Waals surface area (Å²) in [6.45, 7) is 13.5. The summed E-state index contributed by atoms with van der Waals surface area (Å²) in [7, 11) is 0. The summed E-state index contributed by atoms with van der Waals surface area (Å²) in [5, 5.41) is 25.4. The standard InChI is InChI=1S/C12H22O2.C8H10O4/c1-5-10(11(13)14)8-6-7-9-12(2,3)4;1-2-6(8(11)12)4-3-5-7(9)10/h5,10H,1,6-9H2,2-4H3,(H,13,14);2-3,5-6H,1,4H2,(H,9,10)(H,11,12)/b;5-3+. The Morgan fingerprint density at radius 1 is 0.923 bits per heavy atom. The van der Waals surface area contributed by atoms with Crippen molar-refractivity contribution in [2.75, 3.05) is 0 Å². The van der Waals surface area contributed by atoms with E-state index in [1.807, 2.05) is 0 Å². The first-order valence-corrected chi connectivity index (χ1v) is 8.54. The van der Waals surface area contributed by atoms with Crippen LogP contribution in [0.2, 0.25) is 0 Å². The molecule has 0 bridgehead atoms. The topological polar surface area (TPSA) is 112 Å². The van der Waals surface area contributed by atoms with E-state index in [1.54, 1.807) is 0 Å². The van der Waals surface area contributed by atoms with Crippen molar-refractivity contribution < 1.29 is 29.7 Å². The van der Waals surface area contributed by atoms with Gasteiger partial charge in [-0.1, -0.05) is 51.8 Å². The smallest absolute Gasteiger partial charge is 0.327 e. The number of hydrogen-bond acceptors (Lipinski definition) is 3. The number of carboxylic acids is 3. The molecule has 0 spiro atoms. The lowest BCUT2D eigenvalue weighted by atomic mass is 9.88. The van der Waals surface area contributed by atoms with Crippen molar-refractivity contribution in [2.45, 2.75) is 52.9 Å². The molecule has 0 saturated heterocycles. The minimum absolute atomic E-state index is 0.158. The number of allylic oxidation sites excluding steroid dienone is 1. The molecule has 2 unspecified atom stereocenters. The maximum atomic E-state index is 10.7. The summed E-state index contributed by atoms with van der Waals surface area (Å²) in [6, 6.07) is 0. The van der Waals surface area contributed by atoms with Gasteiger partial charge in [0.2, 0.25) is 0 Å². The van der Waals surface area contributed by atoms with Crippen LogP contribution in [0.1, 0.15) is 52.9 Å². The van der Waals surface area contributed by atoms with E-state index >= 15 is 0 Å². The molecule has 0 rings (SSSR count). The van der Waals surface area contributed by atoms with Gasteiger partial charge in [0, 0.05) is 6.08 Å². The van der Waals surface area contributed by atoms with Crippen molar-refractivity contribution in [2.24, 2.45) is 17.3 Å². The minimum Gasteiger partial charge on any atom is -0.481 e. The van der Waals surface area contributed by atoms with Gasteiger partial charge in [0.25, 0.3) is 0 Å². The average molecular weight is 368 g/mol. The number of carboxylic acid groups (broad SMARTS) is 3. The highest BCUT2D eigenvalue weighted by Gasteiger charge is 2.14. The van der Waals surface area contributed by atoms with E-state index in [0.29, 0.717) is 5.41 Å². The van der Waals surface area contributed by atoms with E-state index < -0.39 is 23.8 Å². The molecule has 0 amide bonds. The second-order valence-corrected chi connectivity index (χ2v) is 7.14. The van der Waals surface area contributed by atoms with Gasteiger partial charge < -0.3 is 15.3 Å². The van der Waals surface area contributed by atoms with Crippen molar-refractivity contribution in [3.8, 4) is 0 Å². The Balaban J connectivity index is 0. The van der Waals surface area contributed by atoms with Crippen molar-refractivity contribution >= 4 is 17.9 Å². The summed E-state index contributed by atoms with van der Waals surface area (Å²) < 4.78 is 0. The zero-order valence-electron chi connectivity index (χ0n) is 16.0.